The third-order valence-electron chi connectivity index (χ3n) is 0.586. The van der Waals surface area contributed by atoms with Gasteiger partial charge in [0.25, 0.3) is 0 Å². The summed E-state index contributed by atoms with van der Waals surface area (Å²) in [6.07, 6.45) is 10.0. The number of halogens is 2. The maximum Gasteiger partial charge on any atom is 3.00 e. The van der Waals surface area contributed by atoms with Gasteiger partial charge in [0.2, 0.25) is 0 Å². The molecule has 10 heavy (non-hydrogen) atoms. The Balaban J connectivity index is -0.0000000337. The molecule has 1 aliphatic rings. The number of aliphatic hydroxyl groups excluding tert-OH is 1. The summed E-state index contributed by atoms with van der Waals surface area (Å²) in [7, 11) is 1.00. The van der Waals surface area contributed by atoms with E-state index in [2.05, 4.69) is 12.2 Å². The van der Waals surface area contributed by atoms with Crippen molar-refractivity contribution in [1.82, 2.24) is 0 Å². The Kier molecular flexibility index (Phi) is 50.7. The summed E-state index contributed by atoms with van der Waals surface area (Å²) in [5, 5.41) is 7.00. The molecule has 0 spiro atoms. The summed E-state index contributed by atoms with van der Waals surface area (Å²) >= 11 is 0. The maximum absolute atomic E-state index is 7.00. The third-order valence-corrected chi connectivity index (χ3v) is 0.586. The summed E-state index contributed by atoms with van der Waals surface area (Å²) in [5.41, 5.74) is 0. The van der Waals surface area contributed by atoms with Crippen molar-refractivity contribution >= 4 is 0 Å². The van der Waals surface area contributed by atoms with Crippen LogP contribution in [0, 0.1) is 6.08 Å². The van der Waals surface area contributed by atoms with Crippen molar-refractivity contribution in [2.24, 2.45) is 0 Å². The van der Waals surface area contributed by atoms with E-state index in [0.29, 0.717) is 0 Å². The van der Waals surface area contributed by atoms with Gasteiger partial charge in [-0.3, -0.25) is 6.08 Å². The molecular formula is C6H9Cl2OTi. The van der Waals surface area contributed by atoms with Crippen LogP contribution in [0.2, 0.25) is 0 Å². The van der Waals surface area contributed by atoms with Gasteiger partial charge in [0, 0.05) is 7.11 Å². The minimum Gasteiger partial charge on any atom is -1.00 e. The van der Waals surface area contributed by atoms with Crippen LogP contribution in [0.15, 0.2) is 18.2 Å². The first-order chi connectivity index (χ1) is 3.50. The molecule has 1 radical (unpaired) electrons. The van der Waals surface area contributed by atoms with Crippen LogP contribution in [0.25, 0.3) is 0 Å². The first-order valence-corrected chi connectivity index (χ1v) is 2.16. The average Bonchev–Trinajstić information content (AvgIpc) is 2.23. The Morgan fingerprint density at radius 3 is 1.90 bits per heavy atom. The smallest absolute Gasteiger partial charge is 1.00 e. The molecule has 57 valence electrons. The SMILES string of the molecule is CO.[C-]1=CC=CC1.[Cl-].[Cl-].[Ti+3]. The molecule has 0 amide bonds. The summed E-state index contributed by atoms with van der Waals surface area (Å²) in [6, 6.07) is 0. The average molecular weight is 216 g/mol. The van der Waals surface area contributed by atoms with Crippen molar-refractivity contribution in [1.29, 1.82) is 0 Å². The molecule has 1 rings (SSSR count). The second kappa shape index (κ2) is 22.6. The van der Waals surface area contributed by atoms with E-state index >= 15 is 0 Å². The summed E-state index contributed by atoms with van der Waals surface area (Å²) in [6.45, 7) is 0. The largest absolute Gasteiger partial charge is 3.00 e. The number of aliphatic hydroxyl groups is 1. The van der Waals surface area contributed by atoms with Crippen LogP contribution < -0.4 is 24.8 Å². The van der Waals surface area contributed by atoms with Gasteiger partial charge in [0.15, 0.2) is 0 Å². The van der Waals surface area contributed by atoms with E-state index in [1.165, 1.54) is 0 Å². The molecule has 0 aliphatic heterocycles. The summed E-state index contributed by atoms with van der Waals surface area (Å²) in [4.78, 5) is 0. The quantitative estimate of drug-likeness (QED) is 0.317. The molecule has 0 aromatic carbocycles. The molecule has 0 saturated carbocycles. The van der Waals surface area contributed by atoms with Crippen LogP contribution in [-0.2, 0) is 21.7 Å². The van der Waals surface area contributed by atoms with Crippen LogP contribution in [-0.4, -0.2) is 12.2 Å². The summed E-state index contributed by atoms with van der Waals surface area (Å²) in [5.74, 6) is 0. The molecule has 0 aromatic rings. The molecule has 0 unspecified atom stereocenters. The van der Waals surface area contributed by atoms with Crippen LogP contribution in [0.4, 0.5) is 0 Å². The van der Waals surface area contributed by atoms with Gasteiger partial charge < -0.3 is 29.9 Å². The molecule has 1 N–H and O–H groups in total. The van der Waals surface area contributed by atoms with E-state index in [0.717, 1.165) is 13.5 Å². The third kappa shape index (κ3) is 15.9. The Hall–Kier alpha value is 0.734. The normalized spacial score (nSPS) is 9.40. The Bertz CT molecular complexity index is 73.8. The van der Waals surface area contributed by atoms with E-state index < -0.39 is 0 Å². The zero-order valence-corrected chi connectivity index (χ0v) is 8.72. The molecule has 1 aliphatic carbocycles. The van der Waals surface area contributed by atoms with E-state index in [4.69, 9.17) is 5.11 Å². The standard InChI is InChI=1S/C5H5.CH4O.2ClH.Ti/c1-2-4-5-3-1;1-2;;;/h1-3H,4H2;2H,1H3;2*1H;/q-1;;;;+3/p-2. The van der Waals surface area contributed by atoms with Gasteiger partial charge in [-0.05, 0) is 0 Å². The van der Waals surface area contributed by atoms with Crippen molar-refractivity contribution in [3.8, 4) is 0 Å². The van der Waals surface area contributed by atoms with Crippen molar-refractivity contribution in [3.63, 3.8) is 0 Å². The zero-order valence-electron chi connectivity index (χ0n) is 5.64. The molecule has 1 nitrogen and oxygen atoms in total. The van der Waals surface area contributed by atoms with Crippen molar-refractivity contribution in [2.75, 3.05) is 7.11 Å². The molecular weight excluding hydrogens is 207 g/mol. The van der Waals surface area contributed by atoms with Gasteiger partial charge >= 0.3 is 21.7 Å². The second-order valence-electron chi connectivity index (χ2n) is 1.00. The molecule has 0 aromatic heterocycles. The van der Waals surface area contributed by atoms with Gasteiger partial charge in [-0.25, -0.2) is 12.2 Å². The van der Waals surface area contributed by atoms with Crippen LogP contribution in [0.1, 0.15) is 6.42 Å². The number of rotatable bonds is 0. The van der Waals surface area contributed by atoms with E-state index in [1.54, 1.807) is 0 Å². The molecule has 0 bridgehead atoms. The molecule has 0 heterocycles. The van der Waals surface area contributed by atoms with Crippen molar-refractivity contribution in [3.05, 3.63) is 24.3 Å². The molecule has 0 fully saturated rings. The first kappa shape index (κ1) is 22.4. The topological polar surface area (TPSA) is 20.2 Å². The van der Waals surface area contributed by atoms with Gasteiger partial charge in [0.05, 0.1) is 0 Å². The van der Waals surface area contributed by atoms with Crippen LogP contribution in [0.3, 0.4) is 0 Å². The van der Waals surface area contributed by atoms with Crippen LogP contribution in [0.5, 0.6) is 0 Å². The van der Waals surface area contributed by atoms with E-state index in [1.807, 2.05) is 12.2 Å². The minimum absolute atomic E-state index is 0. The van der Waals surface area contributed by atoms with E-state index in [9.17, 15) is 0 Å². The number of allylic oxidation sites excluding steroid dienone is 4. The van der Waals surface area contributed by atoms with Crippen molar-refractivity contribution in [2.45, 2.75) is 6.42 Å². The molecule has 4 heteroatoms. The van der Waals surface area contributed by atoms with Gasteiger partial charge in [-0.15, -0.1) is 6.42 Å². The second-order valence-corrected chi connectivity index (χ2v) is 1.00. The molecule has 0 atom stereocenters. The van der Waals surface area contributed by atoms with Gasteiger partial charge in [0.1, 0.15) is 0 Å². The Labute approximate surface area is 89.3 Å². The minimum atomic E-state index is 0. The Morgan fingerprint density at radius 1 is 1.30 bits per heavy atom. The van der Waals surface area contributed by atoms with Crippen molar-refractivity contribution < 1.29 is 51.6 Å². The zero-order chi connectivity index (χ0) is 5.54. The number of hydrogen-bond acceptors (Lipinski definition) is 1. The van der Waals surface area contributed by atoms with E-state index in [-0.39, 0.29) is 46.5 Å². The predicted molar refractivity (Wildman–Crippen MR) is 29.7 cm³/mol. The number of hydrogen-bond donors (Lipinski definition) is 1. The van der Waals surface area contributed by atoms with Gasteiger partial charge in [-0.1, -0.05) is 0 Å². The fourth-order valence-corrected chi connectivity index (χ4v) is 0.340. The fraction of sp³-hybridized carbons (Fsp3) is 0.333. The fourth-order valence-electron chi connectivity index (χ4n) is 0.340. The molecule has 0 saturated heterocycles. The monoisotopic (exact) mass is 215 g/mol. The Morgan fingerprint density at radius 2 is 1.80 bits per heavy atom. The predicted octanol–water partition coefficient (Wildman–Crippen LogP) is -5.08. The summed E-state index contributed by atoms with van der Waals surface area (Å²) < 4.78 is 0. The van der Waals surface area contributed by atoms with Gasteiger partial charge in [-0.2, -0.15) is 6.08 Å². The maximum atomic E-state index is 7.00. The van der Waals surface area contributed by atoms with Crippen LogP contribution >= 0.6 is 0 Å². The first-order valence-electron chi connectivity index (χ1n) is 2.16.